The highest BCUT2D eigenvalue weighted by Gasteiger charge is 2.18. The van der Waals surface area contributed by atoms with Crippen molar-refractivity contribution in [1.82, 2.24) is 14.8 Å². The molecule has 1 aromatic heterocycles. The molecule has 0 aliphatic carbocycles. The summed E-state index contributed by atoms with van der Waals surface area (Å²) in [5.41, 5.74) is 6.00. The number of carbonyl (C=O) groups is 1. The second kappa shape index (κ2) is 9.92. The SMILES string of the molecule is COc1ccc(-n2c(SCC(=O)Nc3c(C)cc(C)cc3C)nnc2-c2ccccc2)cc1. The lowest BCUT2D eigenvalue weighted by molar-refractivity contribution is -0.113. The van der Waals surface area contributed by atoms with Gasteiger partial charge in [0.2, 0.25) is 5.91 Å². The Morgan fingerprint density at radius 3 is 2.27 bits per heavy atom. The highest BCUT2D eigenvalue weighted by molar-refractivity contribution is 7.99. The van der Waals surface area contributed by atoms with E-state index in [1.165, 1.54) is 17.3 Å². The molecule has 33 heavy (non-hydrogen) atoms. The number of rotatable bonds is 7. The molecule has 168 valence electrons. The molecule has 0 saturated heterocycles. The van der Waals surface area contributed by atoms with Gasteiger partial charge in [-0.2, -0.15) is 0 Å². The largest absolute Gasteiger partial charge is 0.497 e. The minimum absolute atomic E-state index is 0.0828. The fraction of sp³-hybridized carbons (Fsp3) is 0.192. The number of aromatic nitrogens is 3. The molecule has 0 aliphatic heterocycles. The average Bonchev–Trinajstić information content (AvgIpc) is 3.24. The molecule has 0 unspecified atom stereocenters. The molecule has 0 spiro atoms. The van der Waals surface area contributed by atoms with E-state index in [1.54, 1.807) is 7.11 Å². The van der Waals surface area contributed by atoms with Gasteiger partial charge >= 0.3 is 0 Å². The highest BCUT2D eigenvalue weighted by Crippen LogP contribution is 2.29. The summed E-state index contributed by atoms with van der Waals surface area (Å²) in [4.78, 5) is 12.8. The van der Waals surface area contributed by atoms with Crippen LogP contribution in [0.2, 0.25) is 0 Å². The predicted molar refractivity (Wildman–Crippen MR) is 133 cm³/mol. The Morgan fingerprint density at radius 2 is 1.64 bits per heavy atom. The first kappa shape index (κ1) is 22.6. The number of nitrogens with zero attached hydrogens (tertiary/aromatic N) is 3. The summed E-state index contributed by atoms with van der Waals surface area (Å²) in [6, 6.07) is 21.7. The number of nitrogens with one attached hydrogen (secondary N) is 1. The second-order valence-electron chi connectivity index (χ2n) is 7.82. The fourth-order valence-electron chi connectivity index (χ4n) is 3.78. The first-order valence-corrected chi connectivity index (χ1v) is 11.6. The Morgan fingerprint density at radius 1 is 0.970 bits per heavy atom. The maximum Gasteiger partial charge on any atom is 0.234 e. The van der Waals surface area contributed by atoms with Crippen LogP contribution in [-0.4, -0.2) is 33.5 Å². The van der Waals surface area contributed by atoms with E-state index in [1.807, 2.05) is 73.0 Å². The van der Waals surface area contributed by atoms with Crippen LogP contribution in [0.4, 0.5) is 5.69 Å². The third-order valence-electron chi connectivity index (χ3n) is 5.27. The second-order valence-corrected chi connectivity index (χ2v) is 8.76. The molecule has 0 atom stereocenters. The summed E-state index contributed by atoms with van der Waals surface area (Å²) in [7, 11) is 1.64. The number of anilines is 1. The lowest BCUT2D eigenvalue weighted by Crippen LogP contribution is -2.16. The van der Waals surface area contributed by atoms with Crippen molar-refractivity contribution >= 4 is 23.4 Å². The molecule has 0 radical (unpaired) electrons. The number of amides is 1. The molecule has 7 heteroatoms. The van der Waals surface area contributed by atoms with Gasteiger partial charge in [0.25, 0.3) is 0 Å². The molecule has 6 nitrogen and oxygen atoms in total. The molecular formula is C26H26N4O2S. The van der Waals surface area contributed by atoms with Gasteiger partial charge in [0.15, 0.2) is 11.0 Å². The molecule has 1 heterocycles. The van der Waals surface area contributed by atoms with Gasteiger partial charge in [-0.25, -0.2) is 0 Å². The Balaban J connectivity index is 1.60. The Kier molecular flexibility index (Phi) is 6.79. The number of methoxy groups -OCH3 is 1. The van der Waals surface area contributed by atoms with Crippen LogP contribution in [0.1, 0.15) is 16.7 Å². The van der Waals surface area contributed by atoms with E-state index in [4.69, 9.17) is 4.74 Å². The van der Waals surface area contributed by atoms with Crippen molar-refractivity contribution < 1.29 is 9.53 Å². The average molecular weight is 459 g/mol. The van der Waals surface area contributed by atoms with Crippen LogP contribution in [0.15, 0.2) is 71.9 Å². The monoisotopic (exact) mass is 458 g/mol. The van der Waals surface area contributed by atoms with Crippen molar-refractivity contribution in [2.45, 2.75) is 25.9 Å². The van der Waals surface area contributed by atoms with Gasteiger partial charge in [-0.05, 0) is 56.2 Å². The predicted octanol–water partition coefficient (Wildman–Crippen LogP) is 5.60. The van der Waals surface area contributed by atoms with Crippen LogP contribution in [0.3, 0.4) is 0 Å². The first-order chi connectivity index (χ1) is 16.0. The van der Waals surface area contributed by atoms with E-state index in [2.05, 4.69) is 34.6 Å². The standard InChI is InChI=1S/C26H26N4O2S/c1-17-14-18(2)24(19(3)15-17)27-23(31)16-33-26-29-28-25(20-8-6-5-7-9-20)30(26)21-10-12-22(32-4)13-11-21/h5-15H,16H2,1-4H3,(H,27,31). The number of carbonyl (C=O) groups excluding carboxylic acids is 1. The van der Waals surface area contributed by atoms with Gasteiger partial charge in [-0.1, -0.05) is 59.8 Å². The van der Waals surface area contributed by atoms with Gasteiger partial charge in [0.1, 0.15) is 5.75 Å². The molecule has 0 aliphatic rings. The molecular weight excluding hydrogens is 432 g/mol. The number of thioether (sulfide) groups is 1. The summed E-state index contributed by atoms with van der Waals surface area (Å²) in [6.07, 6.45) is 0. The van der Waals surface area contributed by atoms with Crippen molar-refractivity contribution in [3.05, 3.63) is 83.4 Å². The summed E-state index contributed by atoms with van der Waals surface area (Å²) >= 11 is 1.36. The van der Waals surface area contributed by atoms with E-state index < -0.39 is 0 Å². The third-order valence-corrected chi connectivity index (χ3v) is 6.20. The number of aryl methyl sites for hydroxylation is 3. The molecule has 4 rings (SSSR count). The Bertz CT molecular complexity index is 1240. The minimum atomic E-state index is -0.0828. The van der Waals surface area contributed by atoms with Crippen LogP contribution >= 0.6 is 11.8 Å². The van der Waals surface area contributed by atoms with E-state index in [-0.39, 0.29) is 11.7 Å². The van der Waals surface area contributed by atoms with Crippen molar-refractivity contribution in [2.24, 2.45) is 0 Å². The first-order valence-electron chi connectivity index (χ1n) is 10.6. The van der Waals surface area contributed by atoms with Crippen LogP contribution < -0.4 is 10.1 Å². The molecule has 0 fully saturated rings. The smallest absolute Gasteiger partial charge is 0.234 e. The molecule has 0 saturated carbocycles. The van der Waals surface area contributed by atoms with Crippen molar-refractivity contribution in [1.29, 1.82) is 0 Å². The summed E-state index contributed by atoms with van der Waals surface area (Å²) in [5.74, 6) is 1.62. The van der Waals surface area contributed by atoms with Gasteiger partial charge < -0.3 is 10.1 Å². The van der Waals surface area contributed by atoms with Crippen LogP contribution in [-0.2, 0) is 4.79 Å². The summed E-state index contributed by atoms with van der Waals surface area (Å²) in [6.45, 7) is 6.07. The maximum absolute atomic E-state index is 12.8. The zero-order chi connectivity index (χ0) is 23.4. The summed E-state index contributed by atoms with van der Waals surface area (Å²) < 4.78 is 7.26. The Hall–Kier alpha value is -3.58. The van der Waals surface area contributed by atoms with Crippen LogP contribution in [0, 0.1) is 20.8 Å². The molecule has 4 aromatic rings. The van der Waals surface area contributed by atoms with E-state index in [9.17, 15) is 4.79 Å². The number of hydrogen-bond acceptors (Lipinski definition) is 5. The van der Waals surface area contributed by atoms with Gasteiger partial charge in [-0.3, -0.25) is 9.36 Å². The van der Waals surface area contributed by atoms with Crippen LogP contribution in [0.25, 0.3) is 17.1 Å². The zero-order valence-electron chi connectivity index (χ0n) is 19.1. The fourth-order valence-corrected chi connectivity index (χ4v) is 4.54. The minimum Gasteiger partial charge on any atom is -0.497 e. The third kappa shape index (κ3) is 5.09. The van der Waals surface area contributed by atoms with E-state index in [0.717, 1.165) is 33.8 Å². The van der Waals surface area contributed by atoms with E-state index >= 15 is 0 Å². The van der Waals surface area contributed by atoms with Crippen molar-refractivity contribution in [2.75, 3.05) is 18.2 Å². The molecule has 1 N–H and O–H groups in total. The maximum atomic E-state index is 12.8. The highest BCUT2D eigenvalue weighted by atomic mass is 32.2. The number of benzene rings is 3. The van der Waals surface area contributed by atoms with Crippen molar-refractivity contribution in [3.8, 4) is 22.8 Å². The van der Waals surface area contributed by atoms with Gasteiger partial charge in [0.05, 0.1) is 12.9 Å². The van der Waals surface area contributed by atoms with Gasteiger partial charge in [0, 0.05) is 16.9 Å². The topological polar surface area (TPSA) is 69.0 Å². The zero-order valence-corrected chi connectivity index (χ0v) is 19.9. The lowest BCUT2D eigenvalue weighted by atomic mass is 10.1. The quantitative estimate of drug-likeness (QED) is 0.365. The molecule has 1 amide bonds. The normalized spacial score (nSPS) is 10.8. The molecule has 3 aromatic carbocycles. The van der Waals surface area contributed by atoms with E-state index in [0.29, 0.717) is 11.0 Å². The molecule has 0 bridgehead atoms. The Labute approximate surface area is 198 Å². The number of ether oxygens (including phenoxy) is 1. The summed E-state index contributed by atoms with van der Waals surface area (Å²) in [5, 5.41) is 12.5. The van der Waals surface area contributed by atoms with Crippen molar-refractivity contribution in [3.63, 3.8) is 0 Å². The lowest BCUT2D eigenvalue weighted by Gasteiger charge is -2.13. The number of hydrogen-bond donors (Lipinski definition) is 1. The van der Waals surface area contributed by atoms with Gasteiger partial charge in [-0.15, -0.1) is 10.2 Å². The van der Waals surface area contributed by atoms with Crippen LogP contribution in [0.5, 0.6) is 5.75 Å².